The van der Waals surface area contributed by atoms with Gasteiger partial charge in [0, 0.05) is 18.2 Å². The first-order valence-electron chi connectivity index (χ1n) is 7.12. The zero-order valence-corrected chi connectivity index (χ0v) is 13.3. The van der Waals surface area contributed by atoms with Gasteiger partial charge in [-0.1, -0.05) is 34.6 Å². The molecule has 0 radical (unpaired) electrons. The van der Waals surface area contributed by atoms with Crippen LogP contribution in [0.25, 0.3) is 0 Å². The monoisotopic (exact) mass is 264 g/mol. The Hall–Kier alpha value is -1.32. The van der Waals surface area contributed by atoms with Crippen molar-refractivity contribution in [3.63, 3.8) is 0 Å². The number of anilines is 2. The van der Waals surface area contributed by atoms with Crippen molar-refractivity contribution in [2.45, 2.75) is 60.4 Å². The van der Waals surface area contributed by atoms with Crippen LogP contribution in [0, 0.1) is 5.41 Å². The Bertz CT molecular complexity index is 407. The molecule has 1 heterocycles. The minimum absolute atomic E-state index is 0.192. The molecule has 0 fully saturated rings. The number of hydrogen-bond acceptors (Lipinski definition) is 4. The van der Waals surface area contributed by atoms with E-state index in [4.69, 9.17) is 0 Å². The van der Waals surface area contributed by atoms with E-state index in [1.54, 1.807) is 6.33 Å². The Morgan fingerprint density at radius 1 is 1.11 bits per heavy atom. The third-order valence-electron chi connectivity index (χ3n) is 3.46. The van der Waals surface area contributed by atoms with Crippen LogP contribution in [-0.4, -0.2) is 22.6 Å². The molecule has 19 heavy (non-hydrogen) atoms. The summed E-state index contributed by atoms with van der Waals surface area (Å²) in [6.45, 7) is 16.2. The van der Waals surface area contributed by atoms with Gasteiger partial charge in [0.15, 0.2) is 0 Å². The van der Waals surface area contributed by atoms with E-state index < -0.39 is 0 Å². The average Bonchev–Trinajstić information content (AvgIpc) is 2.27. The van der Waals surface area contributed by atoms with E-state index >= 15 is 0 Å². The second kappa shape index (κ2) is 6.22. The normalized spacial score (nSPS) is 13.5. The predicted molar refractivity (Wildman–Crippen MR) is 82.8 cm³/mol. The lowest BCUT2D eigenvalue weighted by Crippen LogP contribution is -2.31. The molecule has 0 aliphatic heterocycles. The fourth-order valence-corrected chi connectivity index (χ4v) is 1.79. The molecule has 1 aromatic rings. The molecular formula is C15H28N4. The van der Waals surface area contributed by atoms with Crippen molar-refractivity contribution in [3.05, 3.63) is 11.9 Å². The first-order valence-corrected chi connectivity index (χ1v) is 7.12. The van der Waals surface area contributed by atoms with E-state index in [9.17, 15) is 0 Å². The number of hydrogen-bond donors (Lipinski definition) is 2. The minimum atomic E-state index is 0.192. The van der Waals surface area contributed by atoms with E-state index in [1.165, 1.54) is 5.56 Å². The highest BCUT2D eigenvalue weighted by molar-refractivity contribution is 5.59. The smallest absolute Gasteiger partial charge is 0.135 e. The van der Waals surface area contributed by atoms with Crippen molar-refractivity contribution < 1.29 is 0 Å². The van der Waals surface area contributed by atoms with Gasteiger partial charge >= 0.3 is 0 Å². The quantitative estimate of drug-likeness (QED) is 0.847. The Balaban J connectivity index is 3.09. The van der Waals surface area contributed by atoms with E-state index in [2.05, 4.69) is 69.1 Å². The molecule has 2 N–H and O–H groups in total. The summed E-state index contributed by atoms with van der Waals surface area (Å²) in [5.41, 5.74) is 1.36. The molecule has 1 unspecified atom stereocenters. The maximum atomic E-state index is 4.43. The zero-order chi connectivity index (χ0) is 14.6. The molecule has 0 aliphatic carbocycles. The third kappa shape index (κ3) is 4.08. The summed E-state index contributed by atoms with van der Waals surface area (Å²) >= 11 is 0. The lowest BCUT2D eigenvalue weighted by Gasteiger charge is -2.30. The summed E-state index contributed by atoms with van der Waals surface area (Å²) in [6.07, 6.45) is 1.63. The standard InChI is InChI=1S/C15H28N4/c1-8-16-13-12(10(2)3)14(18-9-17-13)19-11(4)15(5,6)7/h9-11H,8H2,1-7H3,(H2,16,17,18,19). The van der Waals surface area contributed by atoms with E-state index in [1.807, 2.05) is 0 Å². The molecular weight excluding hydrogens is 236 g/mol. The lowest BCUT2D eigenvalue weighted by atomic mass is 9.88. The van der Waals surface area contributed by atoms with E-state index in [-0.39, 0.29) is 5.41 Å². The molecule has 4 heteroatoms. The van der Waals surface area contributed by atoms with Crippen molar-refractivity contribution in [3.8, 4) is 0 Å². The van der Waals surface area contributed by atoms with Crippen LogP contribution >= 0.6 is 0 Å². The van der Waals surface area contributed by atoms with Gasteiger partial charge in [0.25, 0.3) is 0 Å². The first-order chi connectivity index (χ1) is 8.77. The van der Waals surface area contributed by atoms with Gasteiger partial charge in [0.2, 0.25) is 0 Å². The van der Waals surface area contributed by atoms with Crippen molar-refractivity contribution in [1.29, 1.82) is 0 Å². The van der Waals surface area contributed by atoms with Gasteiger partial charge in [0.1, 0.15) is 18.0 Å². The number of rotatable bonds is 5. The molecule has 1 atom stereocenters. The predicted octanol–water partition coefficient (Wildman–Crippen LogP) is 3.88. The first kappa shape index (κ1) is 15.7. The average molecular weight is 264 g/mol. The Morgan fingerprint density at radius 3 is 2.16 bits per heavy atom. The van der Waals surface area contributed by atoms with Gasteiger partial charge in [-0.15, -0.1) is 0 Å². The summed E-state index contributed by atoms with van der Waals surface area (Å²) < 4.78 is 0. The molecule has 108 valence electrons. The summed E-state index contributed by atoms with van der Waals surface area (Å²) in [6, 6.07) is 0.342. The van der Waals surface area contributed by atoms with Gasteiger partial charge in [-0.3, -0.25) is 0 Å². The molecule has 0 amide bonds. The van der Waals surface area contributed by atoms with Crippen LogP contribution in [0.4, 0.5) is 11.6 Å². The summed E-state index contributed by atoms with van der Waals surface area (Å²) in [5.74, 6) is 2.27. The fraction of sp³-hybridized carbons (Fsp3) is 0.733. The number of nitrogens with one attached hydrogen (secondary N) is 2. The molecule has 0 spiro atoms. The Morgan fingerprint density at radius 2 is 1.68 bits per heavy atom. The minimum Gasteiger partial charge on any atom is -0.370 e. The largest absolute Gasteiger partial charge is 0.370 e. The Kier molecular flexibility index (Phi) is 5.15. The van der Waals surface area contributed by atoms with Crippen LogP contribution in [0.5, 0.6) is 0 Å². The van der Waals surface area contributed by atoms with Crippen LogP contribution in [-0.2, 0) is 0 Å². The van der Waals surface area contributed by atoms with Gasteiger partial charge < -0.3 is 10.6 Å². The summed E-state index contributed by atoms with van der Waals surface area (Å²) in [4.78, 5) is 8.79. The molecule has 1 aromatic heterocycles. The molecule has 0 bridgehead atoms. The highest BCUT2D eigenvalue weighted by Gasteiger charge is 2.23. The van der Waals surface area contributed by atoms with Gasteiger partial charge in [-0.05, 0) is 25.2 Å². The molecule has 4 nitrogen and oxygen atoms in total. The zero-order valence-electron chi connectivity index (χ0n) is 13.3. The number of nitrogens with zero attached hydrogens (tertiary/aromatic N) is 2. The lowest BCUT2D eigenvalue weighted by molar-refractivity contribution is 0.358. The highest BCUT2D eigenvalue weighted by Crippen LogP contribution is 2.30. The highest BCUT2D eigenvalue weighted by atomic mass is 15.1. The van der Waals surface area contributed by atoms with E-state index in [0.717, 1.165) is 18.2 Å². The molecule has 0 aliphatic rings. The maximum Gasteiger partial charge on any atom is 0.135 e. The molecule has 0 saturated heterocycles. The van der Waals surface area contributed by atoms with Gasteiger partial charge in [-0.2, -0.15) is 0 Å². The summed E-state index contributed by atoms with van der Waals surface area (Å²) in [7, 11) is 0. The van der Waals surface area contributed by atoms with Crippen molar-refractivity contribution in [2.75, 3.05) is 17.2 Å². The number of aromatic nitrogens is 2. The summed E-state index contributed by atoms with van der Waals surface area (Å²) in [5, 5.41) is 6.86. The molecule has 1 rings (SSSR count). The van der Waals surface area contributed by atoms with Crippen LogP contribution < -0.4 is 10.6 Å². The van der Waals surface area contributed by atoms with Crippen LogP contribution in [0.3, 0.4) is 0 Å². The van der Waals surface area contributed by atoms with Crippen molar-refractivity contribution in [2.24, 2.45) is 5.41 Å². The SMILES string of the molecule is CCNc1ncnc(NC(C)C(C)(C)C)c1C(C)C. The second-order valence-corrected chi connectivity index (χ2v) is 6.40. The van der Waals surface area contributed by atoms with Crippen LogP contribution in [0.2, 0.25) is 0 Å². The maximum absolute atomic E-state index is 4.43. The third-order valence-corrected chi connectivity index (χ3v) is 3.46. The van der Waals surface area contributed by atoms with Crippen molar-refractivity contribution >= 4 is 11.6 Å². The molecule has 0 saturated carbocycles. The molecule has 0 aromatic carbocycles. The van der Waals surface area contributed by atoms with Gasteiger partial charge in [-0.25, -0.2) is 9.97 Å². The van der Waals surface area contributed by atoms with Crippen LogP contribution in [0.15, 0.2) is 6.33 Å². The van der Waals surface area contributed by atoms with Crippen LogP contribution in [0.1, 0.15) is 59.9 Å². The van der Waals surface area contributed by atoms with E-state index in [0.29, 0.717) is 12.0 Å². The second-order valence-electron chi connectivity index (χ2n) is 6.40. The topological polar surface area (TPSA) is 49.8 Å². The van der Waals surface area contributed by atoms with Crippen molar-refractivity contribution in [1.82, 2.24) is 9.97 Å². The fourth-order valence-electron chi connectivity index (χ4n) is 1.79. The van der Waals surface area contributed by atoms with Gasteiger partial charge in [0.05, 0.1) is 0 Å². The Labute approximate surface area is 117 Å².